The Morgan fingerprint density at radius 3 is 2.42 bits per heavy atom. The number of aliphatic hydroxyl groups is 1. The number of aromatic hydroxyl groups is 1. The molecule has 0 unspecified atom stereocenters. The third kappa shape index (κ3) is 9.56. The van der Waals surface area contributed by atoms with Crippen LogP contribution in [0.2, 0.25) is 5.02 Å². The first-order valence-electron chi connectivity index (χ1n) is 15.2. The third-order valence-electron chi connectivity index (χ3n) is 7.84. The monoisotopic (exact) mass is 710 g/mol. The van der Waals surface area contributed by atoms with E-state index in [-0.39, 0.29) is 45.1 Å². The Bertz CT molecular complexity index is 2010. The molecular weight excluding hydrogens is 674 g/mol. The van der Waals surface area contributed by atoms with Crippen LogP contribution in [0, 0.1) is 0 Å². The van der Waals surface area contributed by atoms with E-state index in [0.29, 0.717) is 58.0 Å². The number of pyridine rings is 1. The molecular formula is C36H37ClF2N4O7. The highest BCUT2D eigenvalue weighted by atomic mass is 35.5. The van der Waals surface area contributed by atoms with E-state index in [1.807, 2.05) is 42.5 Å². The molecule has 0 aliphatic rings. The molecule has 1 aromatic heterocycles. The number of methoxy groups -OCH3 is 1. The summed E-state index contributed by atoms with van der Waals surface area (Å²) in [6, 6.07) is 24.3. The first-order chi connectivity index (χ1) is 23.1. The average Bonchev–Trinajstić information content (AvgIpc) is 3.06. The molecule has 0 bridgehead atoms. The Morgan fingerprint density at radius 1 is 0.940 bits per heavy atom. The van der Waals surface area contributed by atoms with Crippen molar-refractivity contribution in [2.75, 3.05) is 24.3 Å². The largest absolute Gasteiger partial charge is 0.506 e. The molecule has 0 saturated carbocycles. The normalized spacial score (nSPS) is 11.2. The molecule has 0 aliphatic heterocycles. The molecule has 0 radical (unpaired) electrons. The first-order valence-corrected chi connectivity index (χ1v) is 15.6. The van der Waals surface area contributed by atoms with Crippen molar-refractivity contribution < 1.29 is 39.1 Å². The van der Waals surface area contributed by atoms with Gasteiger partial charge in [0.1, 0.15) is 11.5 Å². The molecule has 0 aliphatic carbocycles. The summed E-state index contributed by atoms with van der Waals surface area (Å²) in [5.74, 6) is 0.164. The van der Waals surface area contributed by atoms with Gasteiger partial charge in [0, 0.05) is 48.2 Å². The molecule has 50 heavy (non-hydrogen) atoms. The predicted octanol–water partition coefficient (Wildman–Crippen LogP) is 6.74. The van der Waals surface area contributed by atoms with Gasteiger partial charge in [-0.3, -0.25) is 24.3 Å². The Balaban J connectivity index is 0.00000338. The summed E-state index contributed by atoms with van der Waals surface area (Å²) < 4.78 is 5.54. The van der Waals surface area contributed by atoms with Crippen LogP contribution in [0.5, 0.6) is 11.5 Å². The van der Waals surface area contributed by atoms with Gasteiger partial charge in [0.15, 0.2) is 0 Å². The number of carboxylic acid groups (broad SMARTS) is 1. The van der Waals surface area contributed by atoms with E-state index in [2.05, 4.69) is 20.9 Å². The Kier molecular flexibility index (Phi) is 13.8. The molecule has 14 heteroatoms. The maximum absolute atomic E-state index is 12.8. The van der Waals surface area contributed by atoms with Crippen molar-refractivity contribution in [3.8, 4) is 22.6 Å². The molecule has 0 fully saturated rings. The number of phenols is 1. The number of aryl methyl sites for hydroxylation is 1. The van der Waals surface area contributed by atoms with Crippen molar-refractivity contribution in [2.24, 2.45) is 0 Å². The number of carbonyl (C=O) groups excluding carboxylic acids is 1. The number of fused-ring (bicyclic) bond motifs is 1. The number of carbonyl (C=O) groups is 2. The summed E-state index contributed by atoms with van der Waals surface area (Å²) >= 11 is 6.53. The second-order valence-corrected chi connectivity index (χ2v) is 11.6. The molecule has 1 heterocycles. The summed E-state index contributed by atoms with van der Waals surface area (Å²) in [5, 5.41) is 39.7. The zero-order valence-electron chi connectivity index (χ0n) is 26.9. The highest BCUT2D eigenvalue weighted by Crippen LogP contribution is 2.33. The summed E-state index contributed by atoms with van der Waals surface area (Å²) in [6.45, 7) is 0.448. The lowest BCUT2D eigenvalue weighted by Gasteiger charge is -2.17. The molecule has 264 valence electrons. The average molecular weight is 711 g/mol. The topological polar surface area (TPSA) is 173 Å². The molecule has 5 aromatic rings. The molecule has 2 amide bonds. The van der Waals surface area contributed by atoms with E-state index in [1.165, 1.54) is 19.2 Å². The second kappa shape index (κ2) is 17.8. The van der Waals surface area contributed by atoms with Crippen LogP contribution in [0.15, 0.2) is 89.7 Å². The maximum atomic E-state index is 12.8. The van der Waals surface area contributed by atoms with E-state index < -0.39 is 12.2 Å². The van der Waals surface area contributed by atoms with Crippen LogP contribution < -0.4 is 26.2 Å². The van der Waals surface area contributed by atoms with E-state index >= 15 is 0 Å². The second-order valence-electron chi connectivity index (χ2n) is 11.2. The zero-order chi connectivity index (χ0) is 34.2. The number of hydrogen-bond acceptors (Lipinski definition) is 7. The van der Waals surface area contributed by atoms with Gasteiger partial charge in [-0.25, -0.2) is 4.79 Å². The van der Waals surface area contributed by atoms with E-state index in [1.54, 1.807) is 30.3 Å². The molecule has 4 aromatic carbocycles. The number of aromatic amines is 1. The molecule has 0 saturated heterocycles. The van der Waals surface area contributed by atoms with Crippen LogP contribution in [0.1, 0.15) is 35.6 Å². The Morgan fingerprint density at radius 2 is 1.70 bits per heavy atom. The number of aliphatic hydroxyl groups excluding tert-OH is 1. The minimum Gasteiger partial charge on any atom is -0.506 e. The minimum atomic E-state index is -1.15. The van der Waals surface area contributed by atoms with Gasteiger partial charge in [-0.1, -0.05) is 60.1 Å². The fraction of sp³-hybridized carbons (Fsp3) is 0.194. The van der Waals surface area contributed by atoms with Gasteiger partial charge in [0.25, 0.3) is 0 Å². The van der Waals surface area contributed by atoms with Crippen LogP contribution in [-0.4, -0.2) is 46.0 Å². The Hall–Kier alpha value is -5.50. The third-order valence-corrected chi connectivity index (χ3v) is 8.16. The van der Waals surface area contributed by atoms with Gasteiger partial charge in [-0.2, -0.15) is 0 Å². The summed E-state index contributed by atoms with van der Waals surface area (Å²) in [4.78, 5) is 38.5. The molecule has 7 N–H and O–H groups in total. The lowest BCUT2D eigenvalue weighted by Crippen LogP contribution is -2.22. The van der Waals surface area contributed by atoms with Gasteiger partial charge < -0.3 is 35.7 Å². The highest BCUT2D eigenvalue weighted by molar-refractivity contribution is 6.33. The van der Waals surface area contributed by atoms with Gasteiger partial charge in [0.2, 0.25) is 11.5 Å². The number of aromatic nitrogens is 1. The van der Waals surface area contributed by atoms with E-state index in [9.17, 15) is 29.7 Å². The minimum absolute atomic E-state index is 0. The molecule has 0 spiro atoms. The lowest BCUT2D eigenvalue weighted by molar-refractivity contribution is -0.116. The molecule has 11 nitrogen and oxygen atoms in total. The molecule has 1 atom stereocenters. The van der Waals surface area contributed by atoms with Gasteiger partial charge in [-0.05, 0) is 53.8 Å². The van der Waals surface area contributed by atoms with E-state index in [0.717, 1.165) is 16.7 Å². The number of benzene rings is 4. The van der Waals surface area contributed by atoms with Crippen LogP contribution in [0.4, 0.5) is 25.6 Å². The predicted molar refractivity (Wildman–Crippen MR) is 191 cm³/mol. The van der Waals surface area contributed by atoms with Gasteiger partial charge in [-0.15, -0.1) is 0 Å². The number of H-pyrrole nitrogens is 1. The number of rotatable bonds is 13. The number of halogens is 3. The van der Waals surface area contributed by atoms with Crippen LogP contribution in [-0.2, 0) is 17.8 Å². The smallest absolute Gasteiger partial charge is 0.409 e. The van der Waals surface area contributed by atoms with Crippen molar-refractivity contribution in [2.45, 2.75) is 31.9 Å². The number of amides is 2. The number of nitrogens with one attached hydrogen (secondary N) is 4. The SMILES string of the molecule is COc1cc(NC(=O)CCCc2ccc(-c3ccccc3)c(NC(=O)O)c2)c(Cl)cc1CNC[C@@H](O)c1ccc(O)c2[nH]c(=O)ccc12.F.F. The van der Waals surface area contributed by atoms with Crippen molar-refractivity contribution in [3.05, 3.63) is 117 Å². The highest BCUT2D eigenvalue weighted by Gasteiger charge is 2.16. The fourth-order valence-electron chi connectivity index (χ4n) is 5.52. The van der Waals surface area contributed by atoms with Crippen molar-refractivity contribution in [3.63, 3.8) is 0 Å². The van der Waals surface area contributed by atoms with Crippen molar-refractivity contribution in [1.29, 1.82) is 0 Å². The van der Waals surface area contributed by atoms with Crippen LogP contribution in [0.25, 0.3) is 22.0 Å². The van der Waals surface area contributed by atoms with Crippen LogP contribution >= 0.6 is 11.6 Å². The summed E-state index contributed by atoms with van der Waals surface area (Å²) in [6.07, 6.45) is -0.808. The van der Waals surface area contributed by atoms with Gasteiger partial charge in [0.05, 0.1) is 35.1 Å². The first kappa shape index (κ1) is 38.9. The molecule has 5 rings (SSSR count). The summed E-state index contributed by atoms with van der Waals surface area (Å²) in [5.41, 5.74) is 4.56. The summed E-state index contributed by atoms with van der Waals surface area (Å²) in [7, 11) is 1.51. The lowest BCUT2D eigenvalue weighted by atomic mass is 9.99. The maximum Gasteiger partial charge on any atom is 0.409 e. The van der Waals surface area contributed by atoms with Gasteiger partial charge >= 0.3 is 6.09 Å². The zero-order valence-corrected chi connectivity index (χ0v) is 27.6. The fourth-order valence-corrected chi connectivity index (χ4v) is 5.76. The number of hydrogen-bond donors (Lipinski definition) is 7. The van der Waals surface area contributed by atoms with Crippen molar-refractivity contribution in [1.82, 2.24) is 10.3 Å². The van der Waals surface area contributed by atoms with Crippen LogP contribution in [0.3, 0.4) is 0 Å². The number of ether oxygens (including phenoxy) is 1. The van der Waals surface area contributed by atoms with Crippen molar-refractivity contribution >= 4 is 45.9 Å². The Labute approximate surface area is 290 Å². The number of anilines is 2. The number of phenolic OH excluding ortho intramolecular Hbond substituents is 1. The van der Waals surface area contributed by atoms with E-state index in [4.69, 9.17) is 16.3 Å². The standard InChI is InChI=1S/C36H35ClN4O7.2FH/c1-48-32-18-29(27(37)17-23(32)19-38-20-31(43)25-12-14-30(42)35-26(25)13-15-34(45)41-35)39-33(44)9-5-6-21-10-11-24(22-7-3-2-4-8-22)28(16-21)40-36(46)47;;/h2-4,7-8,10-18,31,38,40,42-43H,5-6,9,19-20H2,1H3,(H,39,44)(H,41,45)(H,46,47);2*1H/t31-;;/m1../s1. The quantitative estimate of drug-likeness (QED) is 0.0704.